The highest BCUT2D eigenvalue weighted by Crippen LogP contribution is 2.05. The summed E-state index contributed by atoms with van der Waals surface area (Å²) in [6, 6.07) is 5.56. The molecule has 0 fully saturated rings. The predicted molar refractivity (Wildman–Crippen MR) is 56.9 cm³/mol. The standard InChI is InChI=1S/C11H13FN2O2/c1-2-5-10(15)13-14-11(16)8-6-3-4-7-9(8)12/h3-4,6-7H,2,5H2,1H3,(H,13,15)(H,14,16). The molecule has 16 heavy (non-hydrogen) atoms. The predicted octanol–water partition coefficient (Wildman–Crippen LogP) is 1.39. The van der Waals surface area contributed by atoms with Crippen LogP contribution in [0.5, 0.6) is 0 Å². The smallest absolute Gasteiger partial charge is 0.272 e. The summed E-state index contributed by atoms with van der Waals surface area (Å²) in [5.41, 5.74) is 4.25. The zero-order chi connectivity index (χ0) is 12.0. The zero-order valence-corrected chi connectivity index (χ0v) is 8.92. The Morgan fingerprint density at radius 3 is 2.56 bits per heavy atom. The third-order valence-electron chi connectivity index (χ3n) is 1.91. The number of hydrazine groups is 1. The molecule has 0 saturated heterocycles. The second-order valence-corrected chi connectivity index (χ2v) is 3.23. The molecule has 0 bridgehead atoms. The molecule has 0 aromatic heterocycles. The molecule has 1 rings (SSSR count). The molecule has 0 saturated carbocycles. The van der Waals surface area contributed by atoms with Crippen LogP contribution in [0, 0.1) is 5.82 Å². The van der Waals surface area contributed by atoms with Crippen molar-refractivity contribution in [1.82, 2.24) is 10.9 Å². The maximum absolute atomic E-state index is 13.1. The molecule has 2 amide bonds. The second-order valence-electron chi connectivity index (χ2n) is 3.23. The van der Waals surface area contributed by atoms with Gasteiger partial charge in [0, 0.05) is 6.42 Å². The number of halogens is 1. The molecule has 2 N–H and O–H groups in total. The normalized spacial score (nSPS) is 9.62. The van der Waals surface area contributed by atoms with Gasteiger partial charge in [0.15, 0.2) is 0 Å². The van der Waals surface area contributed by atoms with Crippen LogP contribution < -0.4 is 10.9 Å². The molecule has 0 aliphatic heterocycles. The summed E-state index contributed by atoms with van der Waals surface area (Å²) in [6.45, 7) is 1.85. The summed E-state index contributed by atoms with van der Waals surface area (Å²) in [4.78, 5) is 22.5. The number of carbonyl (C=O) groups excluding carboxylic acids is 2. The molecule has 0 aliphatic rings. The lowest BCUT2D eigenvalue weighted by molar-refractivity contribution is -0.121. The molecule has 0 heterocycles. The summed E-state index contributed by atoms with van der Waals surface area (Å²) >= 11 is 0. The molecular formula is C11H13FN2O2. The van der Waals surface area contributed by atoms with E-state index in [9.17, 15) is 14.0 Å². The Balaban J connectivity index is 2.54. The van der Waals surface area contributed by atoms with E-state index in [1.165, 1.54) is 18.2 Å². The van der Waals surface area contributed by atoms with Crippen molar-refractivity contribution in [2.75, 3.05) is 0 Å². The monoisotopic (exact) mass is 224 g/mol. The van der Waals surface area contributed by atoms with Crippen molar-refractivity contribution >= 4 is 11.8 Å². The minimum Gasteiger partial charge on any atom is -0.273 e. The number of nitrogens with one attached hydrogen (secondary N) is 2. The van der Waals surface area contributed by atoms with Gasteiger partial charge in [0.25, 0.3) is 5.91 Å². The van der Waals surface area contributed by atoms with E-state index in [0.717, 1.165) is 0 Å². The first-order chi connectivity index (χ1) is 7.65. The number of hydrogen-bond acceptors (Lipinski definition) is 2. The quantitative estimate of drug-likeness (QED) is 0.762. The Labute approximate surface area is 92.8 Å². The van der Waals surface area contributed by atoms with Crippen LogP contribution >= 0.6 is 0 Å². The van der Waals surface area contributed by atoms with Crippen molar-refractivity contribution in [3.8, 4) is 0 Å². The van der Waals surface area contributed by atoms with Gasteiger partial charge in [-0.2, -0.15) is 0 Å². The molecule has 0 atom stereocenters. The first kappa shape index (κ1) is 12.2. The van der Waals surface area contributed by atoms with Crippen LogP contribution in [0.1, 0.15) is 30.1 Å². The fourth-order valence-corrected chi connectivity index (χ4v) is 1.13. The van der Waals surface area contributed by atoms with Gasteiger partial charge in [0.1, 0.15) is 5.82 Å². The Bertz CT molecular complexity index is 393. The summed E-state index contributed by atoms with van der Waals surface area (Å²) in [7, 11) is 0. The Morgan fingerprint density at radius 1 is 1.25 bits per heavy atom. The third kappa shape index (κ3) is 3.34. The molecule has 4 nitrogen and oxygen atoms in total. The summed E-state index contributed by atoms with van der Waals surface area (Å²) in [5.74, 6) is -1.58. The third-order valence-corrected chi connectivity index (χ3v) is 1.91. The van der Waals surface area contributed by atoms with Crippen molar-refractivity contribution in [3.63, 3.8) is 0 Å². The summed E-state index contributed by atoms with van der Waals surface area (Å²) in [5, 5.41) is 0. The first-order valence-corrected chi connectivity index (χ1v) is 4.99. The molecular weight excluding hydrogens is 211 g/mol. The fourth-order valence-electron chi connectivity index (χ4n) is 1.13. The maximum atomic E-state index is 13.1. The topological polar surface area (TPSA) is 58.2 Å². The maximum Gasteiger partial charge on any atom is 0.272 e. The van der Waals surface area contributed by atoms with Crippen molar-refractivity contribution in [1.29, 1.82) is 0 Å². The van der Waals surface area contributed by atoms with Gasteiger partial charge in [-0.3, -0.25) is 20.4 Å². The van der Waals surface area contributed by atoms with Gasteiger partial charge in [-0.05, 0) is 18.6 Å². The van der Waals surface area contributed by atoms with Crippen LogP contribution in [-0.2, 0) is 4.79 Å². The highest BCUT2D eigenvalue weighted by atomic mass is 19.1. The molecule has 1 aromatic carbocycles. The van der Waals surface area contributed by atoms with Crippen molar-refractivity contribution in [2.24, 2.45) is 0 Å². The number of carbonyl (C=O) groups is 2. The number of benzene rings is 1. The van der Waals surface area contributed by atoms with E-state index in [1.54, 1.807) is 6.07 Å². The molecule has 5 heteroatoms. The summed E-state index contributed by atoms with van der Waals surface area (Å²) < 4.78 is 13.1. The number of amides is 2. The molecule has 0 spiro atoms. The van der Waals surface area contributed by atoms with Gasteiger partial charge in [-0.15, -0.1) is 0 Å². The minimum absolute atomic E-state index is 0.0979. The van der Waals surface area contributed by atoms with E-state index < -0.39 is 11.7 Å². The Morgan fingerprint density at radius 2 is 1.94 bits per heavy atom. The molecule has 86 valence electrons. The average Bonchev–Trinajstić information content (AvgIpc) is 2.27. The first-order valence-electron chi connectivity index (χ1n) is 4.99. The SMILES string of the molecule is CCCC(=O)NNC(=O)c1ccccc1F. The van der Waals surface area contributed by atoms with Gasteiger partial charge in [0.05, 0.1) is 5.56 Å². The van der Waals surface area contributed by atoms with Crippen LogP contribution in [0.4, 0.5) is 4.39 Å². The van der Waals surface area contributed by atoms with Crippen LogP contribution in [0.2, 0.25) is 0 Å². The van der Waals surface area contributed by atoms with Gasteiger partial charge in [0.2, 0.25) is 5.91 Å². The second kappa shape index (κ2) is 5.85. The van der Waals surface area contributed by atoms with Gasteiger partial charge in [-0.25, -0.2) is 4.39 Å². The zero-order valence-electron chi connectivity index (χ0n) is 8.92. The summed E-state index contributed by atoms with van der Waals surface area (Å²) in [6.07, 6.45) is 0.999. The van der Waals surface area contributed by atoms with E-state index in [4.69, 9.17) is 0 Å². The molecule has 0 unspecified atom stereocenters. The lowest BCUT2D eigenvalue weighted by atomic mass is 10.2. The Hall–Kier alpha value is -1.91. The van der Waals surface area contributed by atoms with E-state index >= 15 is 0 Å². The van der Waals surface area contributed by atoms with Crippen LogP contribution in [0.25, 0.3) is 0 Å². The van der Waals surface area contributed by atoms with Gasteiger partial charge in [-0.1, -0.05) is 19.1 Å². The average molecular weight is 224 g/mol. The van der Waals surface area contributed by atoms with Crippen LogP contribution in [-0.4, -0.2) is 11.8 Å². The Kier molecular flexibility index (Phi) is 4.44. The fraction of sp³-hybridized carbons (Fsp3) is 0.273. The number of hydrogen-bond donors (Lipinski definition) is 2. The molecule has 1 aromatic rings. The highest BCUT2D eigenvalue weighted by molar-refractivity contribution is 5.95. The van der Waals surface area contributed by atoms with Crippen LogP contribution in [0.15, 0.2) is 24.3 Å². The lowest BCUT2D eigenvalue weighted by Gasteiger charge is -2.06. The largest absolute Gasteiger partial charge is 0.273 e. The van der Waals surface area contributed by atoms with E-state index in [2.05, 4.69) is 10.9 Å². The van der Waals surface area contributed by atoms with Gasteiger partial charge < -0.3 is 0 Å². The van der Waals surface area contributed by atoms with E-state index in [1.807, 2.05) is 6.92 Å². The lowest BCUT2D eigenvalue weighted by Crippen LogP contribution is -2.41. The highest BCUT2D eigenvalue weighted by Gasteiger charge is 2.10. The van der Waals surface area contributed by atoms with Gasteiger partial charge >= 0.3 is 0 Å². The number of rotatable bonds is 3. The van der Waals surface area contributed by atoms with Crippen molar-refractivity contribution < 1.29 is 14.0 Å². The van der Waals surface area contributed by atoms with Crippen molar-refractivity contribution in [3.05, 3.63) is 35.6 Å². The van der Waals surface area contributed by atoms with E-state index in [-0.39, 0.29) is 11.5 Å². The van der Waals surface area contributed by atoms with E-state index in [0.29, 0.717) is 12.8 Å². The molecule has 0 aliphatic carbocycles. The van der Waals surface area contributed by atoms with Crippen molar-refractivity contribution in [2.45, 2.75) is 19.8 Å². The van der Waals surface area contributed by atoms with Crippen LogP contribution in [0.3, 0.4) is 0 Å². The molecule has 0 radical (unpaired) electrons. The minimum atomic E-state index is -0.664.